The van der Waals surface area contributed by atoms with Gasteiger partial charge < -0.3 is 14.8 Å². The molecular weight excluding hydrogens is 259 g/mol. The molecule has 1 N–H and O–H groups in total. The highest BCUT2D eigenvalue weighted by molar-refractivity contribution is 4.73. The molecular formula is C13H26F3NO2. The number of ether oxygens (including phenoxy) is 2. The van der Waals surface area contributed by atoms with Crippen LogP contribution in [0.4, 0.5) is 13.2 Å². The third kappa shape index (κ3) is 11.2. The molecule has 0 bridgehead atoms. The van der Waals surface area contributed by atoms with Crippen molar-refractivity contribution in [3.05, 3.63) is 0 Å². The number of hydrogen-bond acceptors (Lipinski definition) is 3. The van der Waals surface area contributed by atoms with Gasteiger partial charge in [-0.15, -0.1) is 0 Å². The summed E-state index contributed by atoms with van der Waals surface area (Å²) in [7, 11) is 1.65. The molecule has 0 fully saturated rings. The van der Waals surface area contributed by atoms with Crippen LogP contribution in [0.1, 0.15) is 40.5 Å². The van der Waals surface area contributed by atoms with Crippen LogP contribution in [0.15, 0.2) is 0 Å². The molecule has 0 heterocycles. The van der Waals surface area contributed by atoms with Crippen molar-refractivity contribution >= 4 is 0 Å². The molecule has 0 aliphatic heterocycles. The first kappa shape index (κ1) is 18.7. The molecule has 3 nitrogen and oxygen atoms in total. The van der Waals surface area contributed by atoms with Crippen molar-refractivity contribution in [3.8, 4) is 0 Å². The molecule has 0 saturated heterocycles. The zero-order chi connectivity index (χ0) is 15.2. The van der Waals surface area contributed by atoms with Crippen molar-refractivity contribution < 1.29 is 22.6 Å². The Hall–Kier alpha value is -0.330. The van der Waals surface area contributed by atoms with Crippen molar-refractivity contribution in [1.82, 2.24) is 5.32 Å². The summed E-state index contributed by atoms with van der Waals surface area (Å²) >= 11 is 0. The standard InChI is InChI=1S/C13H26F3NO2/c1-11(2,18-5)7-9-19-12(3,4)6-8-17-10-13(14,15)16/h17H,6-10H2,1-5H3. The summed E-state index contributed by atoms with van der Waals surface area (Å²) in [4.78, 5) is 0. The Balaban J connectivity index is 3.80. The maximum absolute atomic E-state index is 11.9. The van der Waals surface area contributed by atoms with Gasteiger partial charge in [0.1, 0.15) is 0 Å². The van der Waals surface area contributed by atoms with E-state index >= 15 is 0 Å². The smallest absolute Gasteiger partial charge is 0.379 e. The predicted octanol–water partition coefficient (Wildman–Crippen LogP) is 3.14. The molecule has 0 aliphatic rings. The number of nitrogens with one attached hydrogen (secondary N) is 1. The minimum Gasteiger partial charge on any atom is -0.379 e. The summed E-state index contributed by atoms with van der Waals surface area (Å²) < 4.78 is 46.8. The second kappa shape index (κ2) is 7.45. The van der Waals surface area contributed by atoms with Gasteiger partial charge in [-0.25, -0.2) is 0 Å². The fraction of sp³-hybridized carbons (Fsp3) is 1.00. The number of rotatable bonds is 9. The first-order valence-corrected chi connectivity index (χ1v) is 6.44. The molecule has 116 valence electrons. The first-order chi connectivity index (χ1) is 8.47. The maximum atomic E-state index is 11.9. The summed E-state index contributed by atoms with van der Waals surface area (Å²) in [5.74, 6) is 0. The van der Waals surface area contributed by atoms with Gasteiger partial charge in [0.15, 0.2) is 0 Å². The van der Waals surface area contributed by atoms with Gasteiger partial charge in [0.25, 0.3) is 0 Å². The minimum atomic E-state index is -4.16. The largest absolute Gasteiger partial charge is 0.401 e. The monoisotopic (exact) mass is 285 g/mol. The van der Waals surface area contributed by atoms with E-state index in [9.17, 15) is 13.2 Å². The Labute approximate surface area is 113 Å². The Morgan fingerprint density at radius 1 is 0.947 bits per heavy atom. The summed E-state index contributed by atoms with van der Waals surface area (Å²) in [6.45, 7) is 7.53. The number of hydrogen-bond donors (Lipinski definition) is 1. The van der Waals surface area contributed by atoms with E-state index in [1.165, 1.54) is 0 Å². The molecule has 0 aliphatic carbocycles. The van der Waals surface area contributed by atoms with E-state index in [0.29, 0.717) is 13.0 Å². The van der Waals surface area contributed by atoms with Crippen LogP contribution in [0, 0.1) is 0 Å². The van der Waals surface area contributed by atoms with E-state index < -0.39 is 18.3 Å². The Morgan fingerprint density at radius 2 is 1.53 bits per heavy atom. The van der Waals surface area contributed by atoms with E-state index in [0.717, 1.165) is 6.42 Å². The number of methoxy groups -OCH3 is 1. The normalized spacial score (nSPS) is 13.9. The SMILES string of the molecule is COC(C)(C)CCOC(C)(C)CCNCC(F)(F)F. The van der Waals surface area contributed by atoms with Crippen LogP contribution >= 0.6 is 0 Å². The van der Waals surface area contributed by atoms with Crippen molar-refractivity contribution in [2.24, 2.45) is 0 Å². The van der Waals surface area contributed by atoms with Gasteiger partial charge in [-0.1, -0.05) is 0 Å². The summed E-state index contributed by atoms with van der Waals surface area (Å²) in [5.41, 5.74) is -0.687. The first-order valence-electron chi connectivity index (χ1n) is 6.44. The van der Waals surface area contributed by atoms with Crippen LogP contribution in [0.3, 0.4) is 0 Å². The molecule has 0 spiro atoms. The average molecular weight is 285 g/mol. The lowest BCUT2D eigenvalue weighted by Crippen LogP contribution is -2.35. The Morgan fingerprint density at radius 3 is 2.00 bits per heavy atom. The summed E-state index contributed by atoms with van der Waals surface area (Å²) in [5, 5.41) is 2.37. The van der Waals surface area contributed by atoms with Gasteiger partial charge in [-0.2, -0.15) is 13.2 Å². The lowest BCUT2D eigenvalue weighted by molar-refractivity contribution is -0.125. The molecule has 0 saturated carbocycles. The van der Waals surface area contributed by atoms with E-state index in [-0.39, 0.29) is 12.1 Å². The zero-order valence-electron chi connectivity index (χ0n) is 12.5. The lowest BCUT2D eigenvalue weighted by atomic mass is 10.0. The third-order valence-corrected chi connectivity index (χ3v) is 2.98. The van der Waals surface area contributed by atoms with Crippen molar-refractivity contribution in [3.63, 3.8) is 0 Å². The maximum Gasteiger partial charge on any atom is 0.401 e. The molecule has 19 heavy (non-hydrogen) atoms. The minimum absolute atomic E-state index is 0.245. The molecule has 0 aromatic heterocycles. The van der Waals surface area contributed by atoms with Crippen molar-refractivity contribution in [2.75, 3.05) is 26.8 Å². The fourth-order valence-electron chi connectivity index (χ4n) is 1.37. The Kier molecular flexibility index (Phi) is 7.32. The van der Waals surface area contributed by atoms with Crippen LogP contribution in [0.25, 0.3) is 0 Å². The van der Waals surface area contributed by atoms with Gasteiger partial charge in [0.2, 0.25) is 0 Å². The van der Waals surface area contributed by atoms with Crippen LogP contribution in [0.5, 0.6) is 0 Å². The number of halogens is 3. The molecule has 0 unspecified atom stereocenters. The van der Waals surface area contributed by atoms with Crippen molar-refractivity contribution in [2.45, 2.75) is 57.9 Å². The van der Waals surface area contributed by atoms with Crippen LogP contribution in [-0.2, 0) is 9.47 Å². The van der Waals surface area contributed by atoms with Crippen LogP contribution in [0.2, 0.25) is 0 Å². The highest BCUT2D eigenvalue weighted by Gasteiger charge is 2.27. The molecule has 0 radical (unpaired) electrons. The molecule has 0 aromatic carbocycles. The van der Waals surface area contributed by atoms with Crippen molar-refractivity contribution in [1.29, 1.82) is 0 Å². The van der Waals surface area contributed by atoms with Gasteiger partial charge in [0, 0.05) is 7.11 Å². The van der Waals surface area contributed by atoms with E-state index in [2.05, 4.69) is 5.32 Å². The zero-order valence-corrected chi connectivity index (χ0v) is 12.5. The summed E-state index contributed by atoms with van der Waals surface area (Å²) in [6.07, 6.45) is -2.90. The van der Waals surface area contributed by atoms with E-state index in [1.807, 2.05) is 27.7 Å². The topological polar surface area (TPSA) is 30.5 Å². The number of alkyl halides is 3. The molecule has 0 rings (SSSR count). The Bertz CT molecular complexity index is 253. The second-order valence-electron chi connectivity index (χ2n) is 5.86. The fourth-order valence-corrected chi connectivity index (χ4v) is 1.37. The highest BCUT2D eigenvalue weighted by atomic mass is 19.4. The average Bonchev–Trinajstić information content (AvgIpc) is 2.23. The van der Waals surface area contributed by atoms with Crippen LogP contribution in [-0.4, -0.2) is 44.2 Å². The van der Waals surface area contributed by atoms with Gasteiger partial charge >= 0.3 is 6.18 Å². The molecule has 0 amide bonds. The molecule has 6 heteroatoms. The van der Waals surface area contributed by atoms with Gasteiger partial charge in [-0.3, -0.25) is 0 Å². The molecule has 0 atom stereocenters. The van der Waals surface area contributed by atoms with Crippen LogP contribution < -0.4 is 5.32 Å². The van der Waals surface area contributed by atoms with E-state index in [4.69, 9.17) is 9.47 Å². The molecule has 0 aromatic rings. The van der Waals surface area contributed by atoms with Gasteiger partial charge in [-0.05, 0) is 47.1 Å². The van der Waals surface area contributed by atoms with E-state index in [1.54, 1.807) is 7.11 Å². The lowest BCUT2D eigenvalue weighted by Gasteiger charge is -2.29. The highest BCUT2D eigenvalue weighted by Crippen LogP contribution is 2.19. The third-order valence-electron chi connectivity index (χ3n) is 2.98. The quantitative estimate of drug-likeness (QED) is 0.660. The summed E-state index contributed by atoms with van der Waals surface area (Å²) in [6, 6.07) is 0. The second-order valence-corrected chi connectivity index (χ2v) is 5.86. The predicted molar refractivity (Wildman–Crippen MR) is 69.3 cm³/mol. The van der Waals surface area contributed by atoms with Gasteiger partial charge in [0.05, 0.1) is 24.4 Å².